The molecule has 1 N–H and O–H groups in total. The number of methoxy groups -OCH3 is 2. The molecule has 26 heavy (non-hydrogen) atoms. The molecule has 136 valence electrons. The minimum absolute atomic E-state index is 0.0647. The molecule has 1 atom stereocenters. The van der Waals surface area contributed by atoms with Crippen LogP contribution in [0.4, 0.5) is 11.4 Å². The number of rotatable bonds is 5. The molecule has 1 aliphatic heterocycles. The third-order valence-electron chi connectivity index (χ3n) is 4.30. The second kappa shape index (κ2) is 7.78. The number of carbonyl (C=O) groups excluding carboxylic acids is 2. The summed E-state index contributed by atoms with van der Waals surface area (Å²) < 4.78 is 11.4. The van der Waals surface area contributed by atoms with E-state index in [0.29, 0.717) is 23.7 Å². The van der Waals surface area contributed by atoms with Gasteiger partial charge >= 0.3 is 0 Å². The van der Waals surface area contributed by atoms with Crippen molar-refractivity contribution in [1.82, 2.24) is 0 Å². The van der Waals surface area contributed by atoms with Crippen molar-refractivity contribution in [3.05, 3.63) is 46.9 Å². The van der Waals surface area contributed by atoms with Crippen LogP contribution in [0.25, 0.3) is 0 Å². The SMILES string of the molecule is COc1ccc(OC)c(NC(=O)[C@@H]2CC(=O)N(c3ccc(Br)cc3)C2)c1. The second-order valence-corrected chi connectivity index (χ2v) is 6.85. The van der Waals surface area contributed by atoms with Crippen LogP contribution in [0.5, 0.6) is 11.5 Å². The number of hydrogen-bond acceptors (Lipinski definition) is 4. The number of anilines is 2. The largest absolute Gasteiger partial charge is 0.497 e. The summed E-state index contributed by atoms with van der Waals surface area (Å²) in [5.41, 5.74) is 1.30. The van der Waals surface area contributed by atoms with Gasteiger partial charge in [0, 0.05) is 29.2 Å². The number of nitrogens with one attached hydrogen (secondary N) is 1. The molecule has 0 aromatic heterocycles. The molecule has 2 aromatic carbocycles. The van der Waals surface area contributed by atoms with E-state index in [1.54, 1.807) is 30.2 Å². The van der Waals surface area contributed by atoms with Crippen LogP contribution >= 0.6 is 15.9 Å². The highest BCUT2D eigenvalue weighted by Gasteiger charge is 2.35. The van der Waals surface area contributed by atoms with Crippen LogP contribution in [-0.4, -0.2) is 32.6 Å². The molecule has 0 saturated carbocycles. The maximum absolute atomic E-state index is 12.7. The zero-order valence-electron chi connectivity index (χ0n) is 14.5. The summed E-state index contributed by atoms with van der Waals surface area (Å²) in [6.45, 7) is 0.346. The van der Waals surface area contributed by atoms with E-state index in [0.717, 1.165) is 10.2 Å². The molecule has 1 aliphatic rings. The van der Waals surface area contributed by atoms with E-state index < -0.39 is 5.92 Å². The number of carbonyl (C=O) groups is 2. The molecule has 0 aliphatic carbocycles. The fraction of sp³-hybridized carbons (Fsp3) is 0.263. The van der Waals surface area contributed by atoms with Gasteiger partial charge < -0.3 is 19.7 Å². The highest BCUT2D eigenvalue weighted by atomic mass is 79.9. The number of nitrogens with zero attached hydrogens (tertiary/aromatic N) is 1. The van der Waals surface area contributed by atoms with E-state index in [1.807, 2.05) is 24.3 Å². The summed E-state index contributed by atoms with van der Waals surface area (Å²) in [6, 6.07) is 12.6. The molecule has 0 unspecified atom stereocenters. The van der Waals surface area contributed by atoms with Crippen molar-refractivity contribution in [2.45, 2.75) is 6.42 Å². The van der Waals surface area contributed by atoms with Gasteiger partial charge in [0.25, 0.3) is 0 Å². The Kier molecular flexibility index (Phi) is 5.46. The van der Waals surface area contributed by atoms with E-state index >= 15 is 0 Å². The van der Waals surface area contributed by atoms with Crippen LogP contribution in [0, 0.1) is 5.92 Å². The lowest BCUT2D eigenvalue weighted by Gasteiger charge is -2.17. The summed E-state index contributed by atoms with van der Waals surface area (Å²) in [5.74, 6) is 0.435. The van der Waals surface area contributed by atoms with Crippen molar-refractivity contribution in [1.29, 1.82) is 0 Å². The lowest BCUT2D eigenvalue weighted by Crippen LogP contribution is -2.28. The number of ether oxygens (including phenoxy) is 2. The Labute approximate surface area is 160 Å². The third kappa shape index (κ3) is 3.83. The second-order valence-electron chi connectivity index (χ2n) is 5.94. The van der Waals surface area contributed by atoms with Crippen molar-refractivity contribution in [2.24, 2.45) is 5.92 Å². The summed E-state index contributed by atoms with van der Waals surface area (Å²) in [5, 5.41) is 2.85. The molecular formula is C19H19BrN2O4. The molecule has 0 bridgehead atoms. The zero-order valence-corrected chi connectivity index (χ0v) is 16.1. The lowest BCUT2D eigenvalue weighted by atomic mass is 10.1. The first-order valence-corrected chi connectivity index (χ1v) is 8.90. The topological polar surface area (TPSA) is 67.9 Å². The molecule has 3 rings (SSSR count). The van der Waals surface area contributed by atoms with Crippen molar-refractivity contribution < 1.29 is 19.1 Å². The van der Waals surface area contributed by atoms with Gasteiger partial charge in [-0.3, -0.25) is 9.59 Å². The van der Waals surface area contributed by atoms with Gasteiger partial charge in [-0.1, -0.05) is 15.9 Å². The zero-order chi connectivity index (χ0) is 18.7. The van der Waals surface area contributed by atoms with Gasteiger partial charge in [0.15, 0.2) is 0 Å². The van der Waals surface area contributed by atoms with Crippen LogP contribution < -0.4 is 19.7 Å². The van der Waals surface area contributed by atoms with Crippen molar-refractivity contribution in [3.8, 4) is 11.5 Å². The summed E-state index contributed by atoms with van der Waals surface area (Å²) >= 11 is 3.38. The van der Waals surface area contributed by atoms with Gasteiger partial charge in [-0.2, -0.15) is 0 Å². The number of halogens is 1. The van der Waals surface area contributed by atoms with Crippen molar-refractivity contribution in [2.75, 3.05) is 31.0 Å². The Hall–Kier alpha value is -2.54. The smallest absolute Gasteiger partial charge is 0.229 e. The highest BCUT2D eigenvalue weighted by molar-refractivity contribution is 9.10. The Balaban J connectivity index is 1.73. The summed E-state index contributed by atoms with van der Waals surface area (Å²) in [7, 11) is 3.09. The number of hydrogen-bond donors (Lipinski definition) is 1. The fourth-order valence-electron chi connectivity index (χ4n) is 2.90. The number of amides is 2. The van der Waals surface area contributed by atoms with Crippen LogP contribution in [0.15, 0.2) is 46.9 Å². The third-order valence-corrected chi connectivity index (χ3v) is 4.83. The quantitative estimate of drug-likeness (QED) is 0.806. The fourth-order valence-corrected chi connectivity index (χ4v) is 3.16. The summed E-state index contributed by atoms with van der Waals surface area (Å²) in [4.78, 5) is 26.6. The Morgan fingerprint density at radius 1 is 1.15 bits per heavy atom. The van der Waals surface area contributed by atoms with Crippen LogP contribution in [0.1, 0.15) is 6.42 Å². The molecule has 0 radical (unpaired) electrons. The van der Waals surface area contributed by atoms with Gasteiger partial charge in [-0.05, 0) is 36.4 Å². The Morgan fingerprint density at radius 2 is 1.88 bits per heavy atom. The predicted octanol–water partition coefficient (Wildman–Crippen LogP) is 3.46. The minimum Gasteiger partial charge on any atom is -0.497 e. The number of benzene rings is 2. The van der Waals surface area contributed by atoms with E-state index in [2.05, 4.69) is 21.2 Å². The molecule has 2 aromatic rings. The lowest BCUT2D eigenvalue weighted by molar-refractivity contribution is -0.122. The molecule has 1 saturated heterocycles. The molecular weight excluding hydrogens is 400 g/mol. The normalized spacial score (nSPS) is 16.5. The average molecular weight is 419 g/mol. The standard InChI is InChI=1S/C19H19BrN2O4/c1-25-15-7-8-17(26-2)16(10-15)21-19(24)12-9-18(23)22(11-12)14-5-3-13(20)4-6-14/h3-8,10,12H,9,11H2,1-2H3,(H,21,24)/t12-/m1/s1. The minimum atomic E-state index is -0.429. The first-order chi connectivity index (χ1) is 12.5. The molecule has 6 nitrogen and oxygen atoms in total. The van der Waals surface area contributed by atoms with Gasteiger partial charge in [0.05, 0.1) is 25.8 Å². The molecule has 2 amide bonds. The van der Waals surface area contributed by atoms with Gasteiger partial charge in [0.2, 0.25) is 11.8 Å². The monoisotopic (exact) mass is 418 g/mol. The average Bonchev–Trinajstić information content (AvgIpc) is 3.04. The van der Waals surface area contributed by atoms with E-state index in [1.165, 1.54) is 7.11 Å². The van der Waals surface area contributed by atoms with E-state index in [4.69, 9.17) is 9.47 Å². The highest BCUT2D eigenvalue weighted by Crippen LogP contribution is 2.31. The molecule has 7 heteroatoms. The molecule has 0 spiro atoms. The first kappa shape index (κ1) is 18.3. The van der Waals surface area contributed by atoms with Crippen LogP contribution in [-0.2, 0) is 9.59 Å². The van der Waals surface area contributed by atoms with Crippen molar-refractivity contribution >= 4 is 39.1 Å². The Morgan fingerprint density at radius 3 is 2.54 bits per heavy atom. The summed E-state index contributed by atoms with van der Waals surface area (Å²) in [6.07, 6.45) is 0.175. The van der Waals surface area contributed by atoms with Crippen molar-refractivity contribution in [3.63, 3.8) is 0 Å². The maximum Gasteiger partial charge on any atom is 0.229 e. The van der Waals surface area contributed by atoms with E-state index in [-0.39, 0.29) is 18.2 Å². The first-order valence-electron chi connectivity index (χ1n) is 8.10. The van der Waals surface area contributed by atoms with Gasteiger partial charge in [-0.25, -0.2) is 0 Å². The maximum atomic E-state index is 12.7. The van der Waals surface area contributed by atoms with Crippen LogP contribution in [0.2, 0.25) is 0 Å². The Bertz CT molecular complexity index is 823. The molecule has 1 heterocycles. The van der Waals surface area contributed by atoms with Gasteiger partial charge in [-0.15, -0.1) is 0 Å². The van der Waals surface area contributed by atoms with E-state index in [9.17, 15) is 9.59 Å². The van der Waals surface area contributed by atoms with Crippen LogP contribution in [0.3, 0.4) is 0 Å². The predicted molar refractivity (Wildman–Crippen MR) is 103 cm³/mol. The van der Waals surface area contributed by atoms with Gasteiger partial charge in [0.1, 0.15) is 11.5 Å². The molecule has 1 fully saturated rings.